The second-order valence-corrected chi connectivity index (χ2v) is 7.19. The fourth-order valence-electron chi connectivity index (χ4n) is 2.49. The zero-order valence-electron chi connectivity index (χ0n) is 11.5. The van der Waals surface area contributed by atoms with Crippen molar-refractivity contribution in [3.8, 4) is 11.5 Å². The Kier molecular flexibility index (Phi) is 4.26. The molecule has 2 aromatic heterocycles. The van der Waals surface area contributed by atoms with Crippen LogP contribution in [0.4, 0.5) is 5.00 Å². The van der Waals surface area contributed by atoms with Crippen LogP contribution in [-0.4, -0.2) is 19.8 Å². The fraction of sp³-hybridized carbons (Fsp3) is 0.615. The summed E-state index contributed by atoms with van der Waals surface area (Å²) < 4.78 is 9.53. The van der Waals surface area contributed by atoms with E-state index in [-0.39, 0.29) is 0 Å². The van der Waals surface area contributed by atoms with Gasteiger partial charge in [-0.2, -0.15) is 21.1 Å². The summed E-state index contributed by atoms with van der Waals surface area (Å²) in [6.45, 7) is 1.91. The van der Waals surface area contributed by atoms with Crippen molar-refractivity contribution in [2.24, 2.45) is 0 Å². The van der Waals surface area contributed by atoms with Crippen molar-refractivity contribution in [3.05, 3.63) is 11.5 Å². The van der Waals surface area contributed by atoms with Crippen molar-refractivity contribution in [3.63, 3.8) is 0 Å². The molecule has 0 atom stereocenters. The number of anilines is 1. The number of nitrogen functional groups attached to an aromatic ring is 1. The number of thioether (sulfide) groups is 1. The van der Waals surface area contributed by atoms with E-state index in [2.05, 4.69) is 14.5 Å². The molecule has 20 heavy (non-hydrogen) atoms. The minimum atomic E-state index is 0.494. The predicted molar refractivity (Wildman–Crippen MR) is 82.7 cm³/mol. The van der Waals surface area contributed by atoms with Crippen LogP contribution in [-0.2, 0) is 5.75 Å². The summed E-state index contributed by atoms with van der Waals surface area (Å²) in [4.78, 5) is 4.45. The Morgan fingerprint density at radius 1 is 1.35 bits per heavy atom. The van der Waals surface area contributed by atoms with Crippen LogP contribution in [0.2, 0.25) is 0 Å². The molecule has 1 aliphatic carbocycles. The van der Waals surface area contributed by atoms with Crippen LogP contribution in [0.1, 0.15) is 43.6 Å². The molecule has 0 aliphatic heterocycles. The molecule has 0 amide bonds. The van der Waals surface area contributed by atoms with Crippen LogP contribution in [0.15, 0.2) is 4.52 Å². The fourth-order valence-corrected chi connectivity index (χ4v) is 4.31. The summed E-state index contributed by atoms with van der Waals surface area (Å²) in [5.74, 6) is 2.05. The van der Waals surface area contributed by atoms with Gasteiger partial charge in [-0.05, 0) is 31.3 Å². The van der Waals surface area contributed by atoms with Crippen molar-refractivity contribution in [2.45, 2.75) is 50.0 Å². The first-order chi connectivity index (χ1) is 9.74. The molecule has 0 radical (unpaired) electrons. The van der Waals surface area contributed by atoms with Gasteiger partial charge in [0.2, 0.25) is 0 Å². The number of nitrogens with zero attached hydrogens (tertiary/aromatic N) is 3. The lowest BCUT2D eigenvalue weighted by atomic mass is 10.0. The van der Waals surface area contributed by atoms with Crippen molar-refractivity contribution < 1.29 is 4.52 Å². The first-order valence-electron chi connectivity index (χ1n) is 6.90. The largest absolute Gasteiger partial charge is 0.389 e. The third-order valence-electron chi connectivity index (χ3n) is 3.57. The molecule has 1 aliphatic rings. The maximum absolute atomic E-state index is 5.90. The van der Waals surface area contributed by atoms with Crippen LogP contribution in [0, 0.1) is 6.92 Å². The second kappa shape index (κ2) is 6.13. The highest BCUT2D eigenvalue weighted by Gasteiger charge is 2.19. The van der Waals surface area contributed by atoms with Gasteiger partial charge in [0.1, 0.15) is 5.00 Å². The van der Waals surface area contributed by atoms with Gasteiger partial charge in [0.15, 0.2) is 5.82 Å². The highest BCUT2D eigenvalue weighted by molar-refractivity contribution is 7.99. The smallest absolute Gasteiger partial charge is 0.262 e. The summed E-state index contributed by atoms with van der Waals surface area (Å²) in [5.41, 5.74) is 7.53. The number of aromatic nitrogens is 3. The molecule has 0 unspecified atom stereocenters. The topological polar surface area (TPSA) is 77.8 Å². The predicted octanol–water partition coefficient (Wildman–Crippen LogP) is 3.65. The Labute approximate surface area is 126 Å². The molecule has 5 nitrogen and oxygen atoms in total. The Morgan fingerprint density at radius 3 is 2.85 bits per heavy atom. The monoisotopic (exact) mass is 310 g/mol. The minimum Gasteiger partial charge on any atom is -0.389 e. The molecule has 1 saturated carbocycles. The number of aryl methyl sites for hydroxylation is 1. The van der Waals surface area contributed by atoms with Gasteiger partial charge in [0, 0.05) is 5.25 Å². The van der Waals surface area contributed by atoms with Gasteiger partial charge in [-0.15, -0.1) is 0 Å². The molecule has 3 rings (SSSR count). The summed E-state index contributed by atoms with van der Waals surface area (Å²) in [7, 11) is 0. The molecular weight excluding hydrogens is 292 g/mol. The Hall–Kier alpha value is -1.08. The number of hydrogen-bond donors (Lipinski definition) is 1. The van der Waals surface area contributed by atoms with Crippen molar-refractivity contribution in [2.75, 3.05) is 5.73 Å². The van der Waals surface area contributed by atoms with E-state index in [4.69, 9.17) is 10.3 Å². The molecular formula is C13H18N4OS2. The van der Waals surface area contributed by atoms with E-state index in [1.165, 1.54) is 43.6 Å². The number of nitrogens with two attached hydrogens (primary N) is 1. The number of hydrogen-bond acceptors (Lipinski definition) is 7. The van der Waals surface area contributed by atoms with Gasteiger partial charge in [-0.25, -0.2) is 0 Å². The highest BCUT2D eigenvalue weighted by atomic mass is 32.2. The van der Waals surface area contributed by atoms with Crippen LogP contribution >= 0.6 is 23.3 Å². The molecule has 0 spiro atoms. The minimum absolute atomic E-state index is 0.494. The highest BCUT2D eigenvalue weighted by Crippen LogP contribution is 2.33. The lowest BCUT2D eigenvalue weighted by Crippen LogP contribution is -2.08. The molecule has 2 heterocycles. The molecule has 108 valence electrons. The van der Waals surface area contributed by atoms with Crippen molar-refractivity contribution in [1.29, 1.82) is 0 Å². The summed E-state index contributed by atoms with van der Waals surface area (Å²) in [6.07, 6.45) is 6.72. The zero-order valence-corrected chi connectivity index (χ0v) is 13.1. The van der Waals surface area contributed by atoms with E-state index in [1.807, 2.05) is 18.7 Å². The third-order valence-corrected chi connectivity index (χ3v) is 5.71. The van der Waals surface area contributed by atoms with Gasteiger partial charge in [-0.1, -0.05) is 24.4 Å². The van der Waals surface area contributed by atoms with Gasteiger partial charge >= 0.3 is 0 Å². The Morgan fingerprint density at radius 2 is 2.15 bits per heavy atom. The van der Waals surface area contributed by atoms with E-state index in [0.29, 0.717) is 10.9 Å². The average Bonchev–Trinajstić information content (AvgIpc) is 3.05. The van der Waals surface area contributed by atoms with Crippen LogP contribution < -0.4 is 5.73 Å². The standard InChI is InChI=1S/C13H18N4OS2/c1-8-11(12(14)20-17-8)13-15-10(16-18-13)7-19-9-5-3-2-4-6-9/h9H,2-7,14H2,1H3. The number of rotatable bonds is 4. The third kappa shape index (κ3) is 2.98. The normalized spacial score (nSPS) is 16.6. The Bertz CT molecular complexity index is 555. The van der Waals surface area contributed by atoms with Gasteiger partial charge in [0.25, 0.3) is 5.89 Å². The molecule has 0 bridgehead atoms. The SMILES string of the molecule is Cc1nsc(N)c1-c1nc(CSC2CCCCC2)no1. The summed E-state index contributed by atoms with van der Waals surface area (Å²) in [6, 6.07) is 0. The van der Waals surface area contributed by atoms with Gasteiger partial charge < -0.3 is 10.3 Å². The molecule has 1 fully saturated rings. The first kappa shape index (κ1) is 13.9. The van der Waals surface area contributed by atoms with E-state index >= 15 is 0 Å². The zero-order chi connectivity index (χ0) is 13.9. The lowest BCUT2D eigenvalue weighted by molar-refractivity contribution is 0.425. The summed E-state index contributed by atoms with van der Waals surface area (Å²) in [5, 5.41) is 5.44. The first-order valence-corrected chi connectivity index (χ1v) is 8.72. The van der Waals surface area contributed by atoms with Crippen LogP contribution in [0.5, 0.6) is 0 Å². The molecule has 7 heteroatoms. The van der Waals surface area contributed by atoms with Gasteiger partial charge in [0.05, 0.1) is 17.0 Å². The molecule has 2 aromatic rings. The summed E-state index contributed by atoms with van der Waals surface area (Å²) >= 11 is 3.21. The van der Waals surface area contributed by atoms with Crippen LogP contribution in [0.25, 0.3) is 11.5 Å². The Balaban J connectivity index is 1.65. The maximum Gasteiger partial charge on any atom is 0.262 e. The van der Waals surface area contributed by atoms with E-state index in [0.717, 1.165) is 28.1 Å². The van der Waals surface area contributed by atoms with E-state index < -0.39 is 0 Å². The van der Waals surface area contributed by atoms with Crippen molar-refractivity contribution >= 4 is 28.3 Å². The second-order valence-electron chi connectivity index (χ2n) is 5.09. The van der Waals surface area contributed by atoms with Crippen LogP contribution in [0.3, 0.4) is 0 Å². The molecule has 2 N–H and O–H groups in total. The maximum atomic E-state index is 5.90. The van der Waals surface area contributed by atoms with E-state index in [9.17, 15) is 0 Å². The van der Waals surface area contributed by atoms with Crippen molar-refractivity contribution in [1.82, 2.24) is 14.5 Å². The average molecular weight is 310 g/mol. The van der Waals surface area contributed by atoms with E-state index in [1.54, 1.807) is 0 Å². The molecule has 0 saturated heterocycles. The quantitative estimate of drug-likeness (QED) is 0.928. The molecule has 0 aromatic carbocycles. The lowest BCUT2D eigenvalue weighted by Gasteiger charge is -2.19. The van der Waals surface area contributed by atoms with Gasteiger partial charge in [-0.3, -0.25) is 0 Å².